The van der Waals surface area contributed by atoms with E-state index in [0.29, 0.717) is 18.0 Å². The molecule has 3 heterocycles. The molecule has 8 nitrogen and oxygen atoms in total. The summed E-state index contributed by atoms with van der Waals surface area (Å²) in [5.74, 6) is 0.305. The molecule has 0 radical (unpaired) electrons. The molecule has 0 unspecified atom stereocenters. The molecule has 0 spiro atoms. The molecular formula is C25H26N4O4. The van der Waals surface area contributed by atoms with Gasteiger partial charge in [0, 0.05) is 30.2 Å². The molecule has 2 aromatic heterocycles. The molecule has 0 amide bonds. The quantitative estimate of drug-likeness (QED) is 0.503. The van der Waals surface area contributed by atoms with E-state index < -0.39 is 17.3 Å². The summed E-state index contributed by atoms with van der Waals surface area (Å²) in [6.45, 7) is 3.45. The van der Waals surface area contributed by atoms with Gasteiger partial charge in [-0.1, -0.05) is 25.1 Å². The minimum Gasteiger partial charge on any atom is -0.497 e. The second-order valence-corrected chi connectivity index (χ2v) is 8.26. The number of likely N-dealkylation sites (N-methyl/N-ethyl adjacent to an activating group) is 1. The van der Waals surface area contributed by atoms with Crippen LogP contribution in [0.2, 0.25) is 0 Å². The lowest BCUT2D eigenvalue weighted by molar-refractivity contribution is 0.214. The average Bonchev–Trinajstić information content (AvgIpc) is 3.22. The van der Waals surface area contributed by atoms with Crippen LogP contribution in [0.25, 0.3) is 16.6 Å². The number of rotatable bonds is 4. The average molecular weight is 447 g/mol. The zero-order valence-electron chi connectivity index (χ0n) is 18.8. The smallest absolute Gasteiger partial charge is 0.338 e. The van der Waals surface area contributed by atoms with Crippen LogP contribution in [0.5, 0.6) is 11.6 Å². The highest BCUT2D eigenvalue weighted by atomic mass is 16.5. The van der Waals surface area contributed by atoms with Crippen LogP contribution in [0.15, 0.2) is 58.1 Å². The summed E-state index contributed by atoms with van der Waals surface area (Å²) in [6, 6.07) is 14.3. The van der Waals surface area contributed by atoms with Gasteiger partial charge in [0.15, 0.2) is 0 Å². The van der Waals surface area contributed by atoms with Crippen LogP contribution in [0.1, 0.15) is 29.8 Å². The fourth-order valence-corrected chi connectivity index (χ4v) is 4.88. The normalized spacial score (nSPS) is 16.2. The van der Waals surface area contributed by atoms with E-state index in [1.54, 1.807) is 31.4 Å². The van der Waals surface area contributed by atoms with Crippen LogP contribution in [-0.2, 0) is 13.5 Å². The zero-order chi connectivity index (χ0) is 23.3. The van der Waals surface area contributed by atoms with E-state index in [1.807, 2.05) is 25.1 Å². The number of aromatic amines is 1. The lowest BCUT2D eigenvalue weighted by Gasteiger charge is -2.35. The Balaban J connectivity index is 1.79. The molecule has 4 aromatic rings. The first kappa shape index (κ1) is 21.1. The van der Waals surface area contributed by atoms with Gasteiger partial charge in [0.1, 0.15) is 11.3 Å². The van der Waals surface area contributed by atoms with E-state index in [0.717, 1.165) is 44.3 Å². The van der Waals surface area contributed by atoms with Gasteiger partial charge < -0.3 is 14.8 Å². The Kier molecular flexibility index (Phi) is 5.09. The minimum absolute atomic E-state index is 0.183. The van der Waals surface area contributed by atoms with Crippen LogP contribution < -0.4 is 16.0 Å². The third kappa shape index (κ3) is 3.17. The number of ether oxygens (including phenoxy) is 1. The minimum atomic E-state index is -0.609. The van der Waals surface area contributed by atoms with Gasteiger partial charge in [-0.3, -0.25) is 14.3 Å². The van der Waals surface area contributed by atoms with Gasteiger partial charge in [-0.25, -0.2) is 9.36 Å². The van der Waals surface area contributed by atoms with Gasteiger partial charge in [0.25, 0.3) is 5.56 Å². The highest BCUT2D eigenvalue weighted by molar-refractivity contribution is 5.85. The van der Waals surface area contributed by atoms with E-state index in [9.17, 15) is 14.7 Å². The van der Waals surface area contributed by atoms with Gasteiger partial charge in [-0.2, -0.15) is 0 Å². The summed E-state index contributed by atoms with van der Waals surface area (Å²) in [7, 11) is 3.03. The predicted molar refractivity (Wildman–Crippen MR) is 127 cm³/mol. The summed E-state index contributed by atoms with van der Waals surface area (Å²) in [5.41, 5.74) is 2.48. The molecule has 2 aromatic carbocycles. The molecule has 8 heteroatoms. The molecule has 0 fully saturated rings. The highest BCUT2D eigenvalue weighted by Gasteiger charge is 2.36. The molecule has 1 aliphatic heterocycles. The number of hydrogen-bond acceptors (Lipinski definition) is 5. The number of benzene rings is 2. The number of nitrogens with one attached hydrogen (secondary N) is 1. The van der Waals surface area contributed by atoms with E-state index >= 15 is 0 Å². The molecule has 0 saturated carbocycles. The van der Waals surface area contributed by atoms with Gasteiger partial charge >= 0.3 is 5.69 Å². The van der Waals surface area contributed by atoms with Crippen molar-refractivity contribution in [2.75, 3.05) is 20.2 Å². The van der Waals surface area contributed by atoms with E-state index in [1.165, 1.54) is 7.05 Å². The number of hydrogen-bond donors (Lipinski definition) is 2. The second-order valence-electron chi connectivity index (χ2n) is 8.26. The van der Waals surface area contributed by atoms with Crippen molar-refractivity contribution >= 4 is 10.9 Å². The standard InChI is InChI=1S/C25H26N4O4/c1-4-28-14-13-18-17-7-5-6-8-19(17)26-21(18)22(28)20-23(30)27(2)25(32)29(24(20)31)15-9-11-16(33-3)12-10-15/h5-12,22,26,30H,4,13-14H2,1-3H3/t22-/m1/s1. The molecule has 0 bridgehead atoms. The number of methoxy groups -OCH3 is 1. The van der Waals surface area contributed by atoms with Crippen molar-refractivity contribution < 1.29 is 9.84 Å². The molecule has 2 N–H and O–H groups in total. The Morgan fingerprint density at radius 1 is 1.12 bits per heavy atom. The molecule has 0 aliphatic carbocycles. The molecule has 170 valence electrons. The van der Waals surface area contributed by atoms with Crippen molar-refractivity contribution in [1.29, 1.82) is 0 Å². The maximum Gasteiger partial charge on any atom is 0.338 e. The predicted octanol–water partition coefficient (Wildman–Crippen LogP) is 2.70. The van der Waals surface area contributed by atoms with Gasteiger partial charge in [-0.05, 0) is 48.9 Å². The summed E-state index contributed by atoms with van der Waals surface area (Å²) >= 11 is 0. The summed E-state index contributed by atoms with van der Waals surface area (Å²) in [6.07, 6.45) is 0.836. The Morgan fingerprint density at radius 2 is 1.85 bits per heavy atom. The summed E-state index contributed by atoms with van der Waals surface area (Å²) in [5, 5.41) is 12.2. The fourth-order valence-electron chi connectivity index (χ4n) is 4.88. The second kappa shape index (κ2) is 7.97. The first-order valence-electron chi connectivity index (χ1n) is 11.0. The topological polar surface area (TPSA) is 92.5 Å². The largest absolute Gasteiger partial charge is 0.497 e. The molecule has 1 aliphatic rings. The first-order valence-corrected chi connectivity index (χ1v) is 11.0. The lowest BCUT2D eigenvalue weighted by Crippen LogP contribution is -2.44. The Labute approximate surface area is 190 Å². The van der Waals surface area contributed by atoms with Crippen LogP contribution in [0.4, 0.5) is 0 Å². The van der Waals surface area contributed by atoms with Crippen molar-refractivity contribution in [2.24, 2.45) is 7.05 Å². The van der Waals surface area contributed by atoms with E-state index in [4.69, 9.17) is 4.74 Å². The van der Waals surface area contributed by atoms with Crippen LogP contribution in [-0.4, -0.2) is 44.3 Å². The van der Waals surface area contributed by atoms with Crippen molar-refractivity contribution in [3.8, 4) is 17.3 Å². The first-order chi connectivity index (χ1) is 16.0. The molecular weight excluding hydrogens is 420 g/mol. The number of fused-ring (bicyclic) bond motifs is 3. The molecule has 1 atom stereocenters. The van der Waals surface area contributed by atoms with Crippen LogP contribution >= 0.6 is 0 Å². The van der Waals surface area contributed by atoms with E-state index in [-0.39, 0.29) is 11.4 Å². The maximum absolute atomic E-state index is 13.8. The molecule has 33 heavy (non-hydrogen) atoms. The van der Waals surface area contributed by atoms with Crippen LogP contribution in [0, 0.1) is 0 Å². The van der Waals surface area contributed by atoms with Gasteiger partial charge in [0.2, 0.25) is 5.88 Å². The van der Waals surface area contributed by atoms with Crippen molar-refractivity contribution in [2.45, 2.75) is 19.4 Å². The third-order valence-corrected chi connectivity index (χ3v) is 6.61. The fraction of sp³-hybridized carbons (Fsp3) is 0.280. The number of nitrogens with zero attached hydrogens (tertiary/aromatic N) is 3. The number of H-pyrrole nitrogens is 1. The summed E-state index contributed by atoms with van der Waals surface area (Å²) < 4.78 is 7.44. The Morgan fingerprint density at radius 3 is 2.55 bits per heavy atom. The van der Waals surface area contributed by atoms with Crippen molar-refractivity contribution in [3.05, 3.63) is 86.2 Å². The van der Waals surface area contributed by atoms with Gasteiger partial charge in [-0.15, -0.1) is 0 Å². The van der Waals surface area contributed by atoms with E-state index in [2.05, 4.69) is 16.0 Å². The Bertz CT molecular complexity index is 1460. The zero-order valence-corrected chi connectivity index (χ0v) is 18.8. The van der Waals surface area contributed by atoms with Crippen molar-refractivity contribution in [1.82, 2.24) is 19.0 Å². The molecule has 5 rings (SSSR count). The monoisotopic (exact) mass is 446 g/mol. The SMILES string of the molecule is CCN1CCc2c([nH]c3ccccc23)[C@H]1c1c(O)n(C)c(=O)n(-c2ccc(OC)cc2)c1=O. The van der Waals surface area contributed by atoms with Crippen molar-refractivity contribution in [3.63, 3.8) is 0 Å². The van der Waals surface area contributed by atoms with Crippen LogP contribution in [0.3, 0.4) is 0 Å². The Hall–Kier alpha value is -3.78. The number of aromatic nitrogens is 3. The number of aromatic hydroxyl groups is 1. The lowest BCUT2D eigenvalue weighted by atomic mass is 9.93. The molecule has 0 saturated heterocycles. The third-order valence-electron chi connectivity index (χ3n) is 6.61. The number of para-hydroxylation sites is 1. The van der Waals surface area contributed by atoms with Gasteiger partial charge in [0.05, 0.1) is 18.8 Å². The summed E-state index contributed by atoms with van der Waals surface area (Å²) in [4.78, 5) is 32.5. The maximum atomic E-state index is 13.8. The highest BCUT2D eigenvalue weighted by Crippen LogP contribution is 2.39.